The third kappa shape index (κ3) is 4.32. The summed E-state index contributed by atoms with van der Waals surface area (Å²) in [5.74, 6) is -0.327. The maximum atomic E-state index is 12.5. The van der Waals surface area contributed by atoms with Crippen LogP contribution in [0.3, 0.4) is 0 Å². The molecule has 140 valence electrons. The number of halogens is 1. The van der Waals surface area contributed by atoms with Gasteiger partial charge in [-0.05, 0) is 31.5 Å². The third-order valence-electron chi connectivity index (χ3n) is 4.00. The number of carbonyl (C=O) groups is 1. The molecule has 0 spiro atoms. The van der Waals surface area contributed by atoms with Crippen LogP contribution < -0.4 is 5.32 Å². The molecular weight excluding hydrogens is 372 g/mol. The second-order valence-electron chi connectivity index (χ2n) is 6.06. The van der Waals surface area contributed by atoms with Gasteiger partial charge in [-0.1, -0.05) is 23.7 Å². The molecule has 2 heterocycles. The number of aryl methyl sites for hydroxylation is 1. The first kappa shape index (κ1) is 18.6. The molecule has 1 amide bonds. The Hall–Kier alpha value is -3.20. The molecule has 0 aliphatic rings. The van der Waals surface area contributed by atoms with Crippen molar-refractivity contribution in [3.8, 4) is 0 Å². The van der Waals surface area contributed by atoms with Crippen molar-refractivity contribution in [1.82, 2.24) is 19.6 Å². The molecule has 0 saturated heterocycles. The van der Waals surface area contributed by atoms with Crippen LogP contribution in [0.4, 0.5) is 11.4 Å². The Morgan fingerprint density at radius 1 is 1.41 bits per heavy atom. The maximum Gasteiger partial charge on any atom is 0.309 e. The van der Waals surface area contributed by atoms with Gasteiger partial charge in [0.25, 0.3) is 0 Å². The summed E-state index contributed by atoms with van der Waals surface area (Å²) in [4.78, 5) is 22.9. The molecule has 1 aromatic carbocycles. The van der Waals surface area contributed by atoms with Gasteiger partial charge in [-0.3, -0.25) is 24.3 Å². The van der Waals surface area contributed by atoms with Gasteiger partial charge in [-0.2, -0.15) is 10.2 Å². The summed E-state index contributed by atoms with van der Waals surface area (Å²) in [6.45, 7) is 3.67. The highest BCUT2D eigenvalue weighted by atomic mass is 35.5. The Bertz CT molecular complexity index is 996. The predicted octanol–water partition coefficient (Wildman–Crippen LogP) is 3.20. The summed E-state index contributed by atoms with van der Waals surface area (Å²) in [7, 11) is 0. The molecule has 0 fully saturated rings. The lowest BCUT2D eigenvalue weighted by Gasteiger charge is -2.13. The van der Waals surface area contributed by atoms with Gasteiger partial charge in [0.1, 0.15) is 17.9 Å². The number of nitrogens with one attached hydrogen (secondary N) is 1. The number of benzene rings is 1. The third-order valence-corrected chi connectivity index (χ3v) is 4.20. The number of rotatable bonds is 6. The van der Waals surface area contributed by atoms with Crippen molar-refractivity contribution in [2.24, 2.45) is 0 Å². The van der Waals surface area contributed by atoms with Gasteiger partial charge in [-0.25, -0.2) is 0 Å². The molecule has 2 aromatic heterocycles. The summed E-state index contributed by atoms with van der Waals surface area (Å²) in [5, 5.41) is 22.5. The maximum absolute atomic E-state index is 12.5. The molecule has 9 nitrogen and oxygen atoms in total. The van der Waals surface area contributed by atoms with E-state index in [0.717, 1.165) is 5.56 Å². The van der Waals surface area contributed by atoms with Crippen molar-refractivity contribution >= 4 is 28.9 Å². The van der Waals surface area contributed by atoms with E-state index in [1.807, 2.05) is 18.2 Å². The van der Waals surface area contributed by atoms with Gasteiger partial charge < -0.3 is 5.32 Å². The zero-order chi connectivity index (χ0) is 19.6. The van der Waals surface area contributed by atoms with E-state index in [-0.39, 0.29) is 17.3 Å². The standard InChI is InChI=1S/C17H17ClN6O3/c1-11-16(24(26)27)10-23(21-11)12(2)17(25)20-15-5-3-4-13(6-15)8-22-9-14(18)7-19-22/h3-7,9-10,12H,8H2,1-2H3,(H,20,25). The van der Waals surface area contributed by atoms with Crippen molar-refractivity contribution in [2.45, 2.75) is 26.4 Å². The SMILES string of the molecule is Cc1nn(C(C)C(=O)Nc2cccc(Cn3cc(Cl)cn3)c2)cc1[N+](=O)[O-]. The lowest BCUT2D eigenvalue weighted by atomic mass is 10.2. The van der Waals surface area contributed by atoms with Crippen LogP contribution in [0.25, 0.3) is 0 Å². The van der Waals surface area contributed by atoms with E-state index < -0.39 is 11.0 Å². The normalized spacial score (nSPS) is 12.0. The first-order chi connectivity index (χ1) is 12.8. The Morgan fingerprint density at radius 2 is 2.19 bits per heavy atom. The van der Waals surface area contributed by atoms with Gasteiger partial charge in [0, 0.05) is 11.9 Å². The van der Waals surface area contributed by atoms with Crippen LogP contribution in [0.15, 0.2) is 42.9 Å². The summed E-state index contributed by atoms with van der Waals surface area (Å²) >= 11 is 5.86. The Kier molecular flexibility index (Phi) is 5.22. The molecule has 0 aliphatic heterocycles. The average Bonchev–Trinajstić information content (AvgIpc) is 3.20. The first-order valence-electron chi connectivity index (χ1n) is 8.11. The van der Waals surface area contributed by atoms with E-state index >= 15 is 0 Å². The van der Waals surface area contributed by atoms with Crippen molar-refractivity contribution in [1.29, 1.82) is 0 Å². The number of amides is 1. The topological polar surface area (TPSA) is 108 Å². The minimum atomic E-state index is -0.703. The number of carbonyl (C=O) groups excluding carboxylic acids is 1. The van der Waals surface area contributed by atoms with Gasteiger partial charge in [0.15, 0.2) is 0 Å². The van der Waals surface area contributed by atoms with E-state index in [2.05, 4.69) is 15.5 Å². The van der Waals surface area contributed by atoms with E-state index in [1.165, 1.54) is 17.8 Å². The summed E-state index contributed by atoms with van der Waals surface area (Å²) in [5.41, 5.74) is 1.70. The predicted molar refractivity (Wildman–Crippen MR) is 99.7 cm³/mol. The van der Waals surface area contributed by atoms with Crippen LogP contribution in [0, 0.1) is 17.0 Å². The lowest BCUT2D eigenvalue weighted by molar-refractivity contribution is -0.385. The lowest BCUT2D eigenvalue weighted by Crippen LogP contribution is -2.24. The van der Waals surface area contributed by atoms with Gasteiger partial charge >= 0.3 is 5.69 Å². The molecule has 1 unspecified atom stereocenters. The van der Waals surface area contributed by atoms with Crippen molar-refractivity contribution in [3.63, 3.8) is 0 Å². The van der Waals surface area contributed by atoms with Crippen molar-refractivity contribution in [2.75, 3.05) is 5.32 Å². The highest BCUT2D eigenvalue weighted by Crippen LogP contribution is 2.20. The zero-order valence-electron chi connectivity index (χ0n) is 14.7. The number of anilines is 1. The molecule has 0 saturated carbocycles. The molecule has 3 rings (SSSR count). The monoisotopic (exact) mass is 388 g/mol. The second kappa shape index (κ2) is 7.58. The van der Waals surface area contributed by atoms with E-state index in [1.54, 1.807) is 30.1 Å². The summed E-state index contributed by atoms with van der Waals surface area (Å²) in [6, 6.07) is 6.63. The van der Waals surface area contributed by atoms with Crippen LogP contribution >= 0.6 is 11.6 Å². The highest BCUT2D eigenvalue weighted by molar-refractivity contribution is 6.30. The second-order valence-corrected chi connectivity index (χ2v) is 6.50. The molecule has 0 radical (unpaired) electrons. The molecule has 1 atom stereocenters. The van der Waals surface area contributed by atoms with Crippen LogP contribution in [0.2, 0.25) is 5.02 Å². The largest absolute Gasteiger partial charge is 0.324 e. The number of nitro groups is 1. The molecular formula is C17H17ClN6O3. The minimum absolute atomic E-state index is 0.116. The average molecular weight is 389 g/mol. The molecule has 10 heteroatoms. The van der Waals surface area contributed by atoms with E-state index in [4.69, 9.17) is 11.6 Å². The van der Waals surface area contributed by atoms with Gasteiger partial charge in [0.2, 0.25) is 5.91 Å². The molecule has 1 N–H and O–H groups in total. The fourth-order valence-electron chi connectivity index (χ4n) is 2.58. The smallest absolute Gasteiger partial charge is 0.309 e. The van der Waals surface area contributed by atoms with Crippen LogP contribution in [0.1, 0.15) is 24.2 Å². The summed E-state index contributed by atoms with van der Waals surface area (Å²) in [6.07, 6.45) is 4.53. The minimum Gasteiger partial charge on any atom is -0.324 e. The first-order valence-corrected chi connectivity index (χ1v) is 8.49. The molecule has 0 bridgehead atoms. The highest BCUT2D eigenvalue weighted by Gasteiger charge is 2.22. The number of nitrogens with zero attached hydrogens (tertiary/aromatic N) is 5. The zero-order valence-corrected chi connectivity index (χ0v) is 15.4. The molecule has 3 aromatic rings. The van der Waals surface area contributed by atoms with Gasteiger partial charge in [-0.15, -0.1) is 0 Å². The van der Waals surface area contributed by atoms with Crippen molar-refractivity contribution < 1.29 is 9.72 Å². The van der Waals surface area contributed by atoms with Crippen LogP contribution in [-0.2, 0) is 11.3 Å². The quantitative estimate of drug-likeness (QED) is 0.515. The summed E-state index contributed by atoms with van der Waals surface area (Å²) < 4.78 is 2.98. The van der Waals surface area contributed by atoms with E-state index in [0.29, 0.717) is 17.3 Å². The van der Waals surface area contributed by atoms with Crippen molar-refractivity contribution in [3.05, 3.63) is 69.3 Å². The van der Waals surface area contributed by atoms with Gasteiger partial charge in [0.05, 0.1) is 22.7 Å². The fourth-order valence-corrected chi connectivity index (χ4v) is 2.73. The van der Waals surface area contributed by atoms with E-state index in [9.17, 15) is 14.9 Å². The molecule has 0 aliphatic carbocycles. The number of hydrogen-bond acceptors (Lipinski definition) is 5. The fraction of sp³-hybridized carbons (Fsp3) is 0.235. The Morgan fingerprint density at radius 3 is 2.81 bits per heavy atom. The van der Waals surface area contributed by atoms with Crippen LogP contribution in [-0.4, -0.2) is 30.4 Å². The molecule has 27 heavy (non-hydrogen) atoms. The Balaban J connectivity index is 1.71. The number of hydrogen-bond donors (Lipinski definition) is 1. The van der Waals surface area contributed by atoms with Crippen LogP contribution in [0.5, 0.6) is 0 Å². The number of aromatic nitrogens is 4. The Labute approximate surface area is 159 Å².